The smallest absolute Gasteiger partial charge is 0.313 e. The Morgan fingerprint density at radius 3 is 2.58 bits per heavy atom. The van der Waals surface area contributed by atoms with Crippen LogP contribution in [0.15, 0.2) is 18.2 Å². The highest BCUT2D eigenvalue weighted by Gasteiger charge is 2.25. The molecule has 1 aromatic carbocycles. The van der Waals surface area contributed by atoms with Gasteiger partial charge in [0, 0.05) is 13.0 Å². The van der Waals surface area contributed by atoms with Crippen LogP contribution in [0, 0.1) is 17.1 Å². The number of rotatable bonds is 6. The molecule has 1 N–H and O–H groups in total. The van der Waals surface area contributed by atoms with Crippen molar-refractivity contribution in [1.29, 1.82) is 5.26 Å². The lowest BCUT2D eigenvalue weighted by atomic mass is 10.1. The molecule has 0 unspecified atom stereocenters. The van der Waals surface area contributed by atoms with Gasteiger partial charge in [-0.2, -0.15) is 18.4 Å². The lowest BCUT2D eigenvalue weighted by molar-refractivity contribution is -0.135. The van der Waals surface area contributed by atoms with Gasteiger partial charge in [0.15, 0.2) is 0 Å². The van der Waals surface area contributed by atoms with Gasteiger partial charge < -0.3 is 5.32 Å². The van der Waals surface area contributed by atoms with Gasteiger partial charge >= 0.3 is 6.18 Å². The second kappa shape index (κ2) is 7.10. The van der Waals surface area contributed by atoms with E-state index < -0.39 is 18.4 Å². The third kappa shape index (κ3) is 6.20. The van der Waals surface area contributed by atoms with Gasteiger partial charge in [0.25, 0.3) is 0 Å². The van der Waals surface area contributed by atoms with Crippen LogP contribution in [0.4, 0.5) is 17.6 Å². The number of nitrogens with one attached hydrogen (secondary N) is 1. The van der Waals surface area contributed by atoms with Gasteiger partial charge in [0.05, 0.1) is 11.6 Å². The summed E-state index contributed by atoms with van der Waals surface area (Å²) in [5, 5.41) is 11.7. The molecule has 0 bridgehead atoms. The molecule has 6 heteroatoms. The Morgan fingerprint density at radius 1 is 1.21 bits per heavy atom. The number of hydrogen-bond donors (Lipinski definition) is 1. The summed E-state index contributed by atoms with van der Waals surface area (Å²) < 4.78 is 48.6. The number of alkyl halides is 3. The van der Waals surface area contributed by atoms with Crippen molar-refractivity contribution in [2.75, 3.05) is 6.54 Å². The van der Waals surface area contributed by atoms with E-state index in [0.29, 0.717) is 24.1 Å². The summed E-state index contributed by atoms with van der Waals surface area (Å²) in [5.74, 6) is -0.437. The molecule has 19 heavy (non-hydrogen) atoms. The van der Waals surface area contributed by atoms with E-state index >= 15 is 0 Å². The minimum atomic E-state index is -4.11. The topological polar surface area (TPSA) is 35.8 Å². The molecule has 0 saturated carbocycles. The van der Waals surface area contributed by atoms with Crippen LogP contribution < -0.4 is 5.32 Å². The Labute approximate surface area is 109 Å². The summed E-state index contributed by atoms with van der Waals surface area (Å²) in [6.07, 6.45) is -4.46. The predicted molar refractivity (Wildman–Crippen MR) is 62.7 cm³/mol. The van der Waals surface area contributed by atoms with Crippen LogP contribution in [-0.4, -0.2) is 12.7 Å². The highest BCUT2D eigenvalue weighted by atomic mass is 19.4. The fourth-order valence-corrected chi connectivity index (χ4v) is 1.62. The standard InChI is InChI=1S/C13H14F4N2/c14-12-4-3-10(8-18)11(7-12)9-19-6-2-1-5-13(15,16)17/h3-4,7,19H,1-2,5-6,9H2. The van der Waals surface area contributed by atoms with E-state index in [-0.39, 0.29) is 13.0 Å². The quantitative estimate of drug-likeness (QED) is 0.636. The average Bonchev–Trinajstić information content (AvgIpc) is 2.32. The van der Waals surface area contributed by atoms with Crippen LogP contribution in [0.3, 0.4) is 0 Å². The van der Waals surface area contributed by atoms with E-state index in [4.69, 9.17) is 5.26 Å². The summed E-state index contributed by atoms with van der Waals surface area (Å²) in [4.78, 5) is 0. The van der Waals surface area contributed by atoms with Crippen molar-refractivity contribution in [1.82, 2.24) is 5.32 Å². The molecular weight excluding hydrogens is 260 g/mol. The zero-order valence-corrected chi connectivity index (χ0v) is 10.2. The van der Waals surface area contributed by atoms with Crippen molar-refractivity contribution in [3.63, 3.8) is 0 Å². The van der Waals surface area contributed by atoms with Crippen LogP contribution >= 0.6 is 0 Å². The summed E-state index contributed by atoms with van der Waals surface area (Å²) in [7, 11) is 0. The van der Waals surface area contributed by atoms with E-state index in [2.05, 4.69) is 5.32 Å². The molecule has 0 aliphatic heterocycles. The molecule has 0 aliphatic carbocycles. The van der Waals surface area contributed by atoms with Crippen molar-refractivity contribution in [3.8, 4) is 6.07 Å². The lowest BCUT2D eigenvalue weighted by Crippen LogP contribution is -2.16. The molecule has 0 aliphatic rings. The first kappa shape index (κ1) is 15.4. The minimum absolute atomic E-state index is 0.0603. The lowest BCUT2D eigenvalue weighted by Gasteiger charge is -2.08. The first-order chi connectivity index (χ1) is 8.92. The fraction of sp³-hybridized carbons (Fsp3) is 0.462. The van der Waals surface area contributed by atoms with Crippen LogP contribution in [0.1, 0.15) is 30.4 Å². The first-order valence-corrected chi connectivity index (χ1v) is 5.88. The first-order valence-electron chi connectivity index (χ1n) is 5.88. The Bertz CT molecular complexity index is 449. The third-order valence-corrected chi connectivity index (χ3v) is 2.57. The SMILES string of the molecule is N#Cc1ccc(F)cc1CNCCCCC(F)(F)F. The van der Waals surface area contributed by atoms with Crippen LogP contribution in [0.2, 0.25) is 0 Å². The van der Waals surface area contributed by atoms with E-state index in [0.717, 1.165) is 0 Å². The summed E-state index contributed by atoms with van der Waals surface area (Å²) in [6, 6.07) is 5.78. The van der Waals surface area contributed by atoms with Gasteiger partial charge in [0.1, 0.15) is 5.82 Å². The van der Waals surface area contributed by atoms with Gasteiger partial charge in [-0.25, -0.2) is 4.39 Å². The van der Waals surface area contributed by atoms with Crippen molar-refractivity contribution in [3.05, 3.63) is 35.1 Å². The number of nitrogens with zero attached hydrogens (tertiary/aromatic N) is 1. The molecule has 0 aromatic heterocycles. The Balaban J connectivity index is 2.30. The second-order valence-corrected chi connectivity index (χ2v) is 4.16. The molecule has 0 saturated heterocycles. The fourth-order valence-electron chi connectivity index (χ4n) is 1.62. The molecule has 0 spiro atoms. The van der Waals surface area contributed by atoms with Gasteiger partial charge in [-0.1, -0.05) is 0 Å². The molecule has 0 heterocycles. The van der Waals surface area contributed by atoms with E-state index in [9.17, 15) is 17.6 Å². The second-order valence-electron chi connectivity index (χ2n) is 4.16. The normalized spacial score (nSPS) is 11.3. The van der Waals surface area contributed by atoms with Crippen molar-refractivity contribution >= 4 is 0 Å². The number of benzene rings is 1. The zero-order valence-electron chi connectivity index (χ0n) is 10.2. The van der Waals surface area contributed by atoms with E-state index in [1.165, 1.54) is 18.2 Å². The Morgan fingerprint density at radius 2 is 1.95 bits per heavy atom. The van der Waals surface area contributed by atoms with Gasteiger partial charge in [-0.15, -0.1) is 0 Å². The maximum atomic E-state index is 13.0. The van der Waals surface area contributed by atoms with Crippen LogP contribution in [0.5, 0.6) is 0 Å². The van der Waals surface area contributed by atoms with Crippen LogP contribution in [-0.2, 0) is 6.54 Å². The Hall–Kier alpha value is -1.61. The van der Waals surface area contributed by atoms with E-state index in [1.807, 2.05) is 6.07 Å². The van der Waals surface area contributed by atoms with Crippen molar-refractivity contribution in [2.24, 2.45) is 0 Å². The average molecular weight is 274 g/mol. The number of nitriles is 1. The maximum absolute atomic E-state index is 13.0. The molecule has 1 rings (SSSR count). The zero-order chi connectivity index (χ0) is 14.3. The Kier molecular flexibility index (Phi) is 5.77. The molecule has 104 valence electrons. The summed E-state index contributed by atoms with van der Waals surface area (Å²) >= 11 is 0. The van der Waals surface area contributed by atoms with E-state index in [1.54, 1.807) is 0 Å². The van der Waals surface area contributed by atoms with Gasteiger partial charge in [-0.3, -0.25) is 0 Å². The van der Waals surface area contributed by atoms with Gasteiger partial charge in [-0.05, 0) is 43.1 Å². The highest BCUT2D eigenvalue weighted by Crippen LogP contribution is 2.21. The minimum Gasteiger partial charge on any atom is -0.313 e. The van der Waals surface area contributed by atoms with Crippen LogP contribution in [0.25, 0.3) is 0 Å². The molecular formula is C13H14F4N2. The predicted octanol–water partition coefficient (Wildman–Crippen LogP) is 3.52. The largest absolute Gasteiger partial charge is 0.389 e. The van der Waals surface area contributed by atoms with Crippen molar-refractivity contribution < 1.29 is 17.6 Å². The number of halogens is 4. The number of unbranched alkanes of at least 4 members (excludes halogenated alkanes) is 1. The molecule has 0 fully saturated rings. The highest BCUT2D eigenvalue weighted by molar-refractivity contribution is 5.37. The summed E-state index contributed by atoms with van der Waals surface area (Å²) in [6.45, 7) is 0.671. The molecule has 2 nitrogen and oxygen atoms in total. The maximum Gasteiger partial charge on any atom is 0.389 e. The number of hydrogen-bond acceptors (Lipinski definition) is 2. The molecule has 0 radical (unpaired) electrons. The third-order valence-electron chi connectivity index (χ3n) is 2.57. The molecule has 0 atom stereocenters. The monoisotopic (exact) mass is 274 g/mol. The molecule has 0 amide bonds. The molecule has 1 aromatic rings. The summed E-state index contributed by atoms with van der Waals surface area (Å²) in [5.41, 5.74) is 0.877. The van der Waals surface area contributed by atoms with Gasteiger partial charge in [0.2, 0.25) is 0 Å². The van der Waals surface area contributed by atoms with Crippen molar-refractivity contribution in [2.45, 2.75) is 32.0 Å².